The van der Waals surface area contributed by atoms with Crippen LogP contribution in [0.4, 0.5) is 5.69 Å². The van der Waals surface area contributed by atoms with E-state index in [1.165, 1.54) is 12.8 Å². The zero-order valence-electron chi connectivity index (χ0n) is 13.7. The lowest BCUT2D eigenvalue weighted by molar-refractivity contribution is -0.135. The van der Waals surface area contributed by atoms with Gasteiger partial charge in [-0.05, 0) is 44.7 Å². The van der Waals surface area contributed by atoms with Gasteiger partial charge in [0.1, 0.15) is 5.71 Å². The molecular weight excluding hydrogens is 262 g/mol. The molecule has 0 unspecified atom stereocenters. The van der Waals surface area contributed by atoms with Gasteiger partial charge in [0.05, 0.1) is 12.3 Å². The fraction of sp³-hybridized carbons (Fsp3) is 0.556. The molecule has 0 amide bonds. The molecule has 1 rings (SSSR count). The molecule has 0 bridgehead atoms. The fourth-order valence-electron chi connectivity index (χ4n) is 2.25. The lowest BCUT2D eigenvalue weighted by atomic mass is 10.1. The van der Waals surface area contributed by atoms with E-state index in [1.54, 1.807) is 0 Å². The summed E-state index contributed by atoms with van der Waals surface area (Å²) >= 11 is 0. The predicted molar refractivity (Wildman–Crippen MR) is 88.4 cm³/mol. The van der Waals surface area contributed by atoms with Crippen LogP contribution < -0.4 is 0 Å². The molecule has 1 aromatic rings. The maximum absolute atomic E-state index is 12.1. The van der Waals surface area contributed by atoms with E-state index in [-0.39, 0.29) is 5.97 Å². The topological polar surface area (TPSA) is 38.7 Å². The Morgan fingerprint density at radius 3 is 2.33 bits per heavy atom. The molecular formula is C18H27NO2. The number of unbranched alkanes of at least 4 members (excludes halogenated alkanes) is 3. The van der Waals surface area contributed by atoms with Gasteiger partial charge in [-0.15, -0.1) is 0 Å². The van der Waals surface area contributed by atoms with Crippen molar-refractivity contribution in [1.82, 2.24) is 0 Å². The molecule has 3 nitrogen and oxygen atoms in total. The maximum Gasteiger partial charge on any atom is 0.352 e. The van der Waals surface area contributed by atoms with Gasteiger partial charge in [-0.1, -0.05) is 44.4 Å². The molecule has 0 fully saturated rings. The highest BCUT2D eigenvalue weighted by Gasteiger charge is 2.13. The lowest BCUT2D eigenvalue weighted by Gasteiger charge is -2.09. The van der Waals surface area contributed by atoms with Crippen LogP contribution in [0.25, 0.3) is 0 Å². The minimum atomic E-state index is -0.281. The maximum atomic E-state index is 12.1. The van der Waals surface area contributed by atoms with Crippen LogP contribution >= 0.6 is 0 Å². The van der Waals surface area contributed by atoms with Crippen molar-refractivity contribution in [3.8, 4) is 0 Å². The van der Waals surface area contributed by atoms with E-state index in [9.17, 15) is 4.79 Å². The Labute approximate surface area is 128 Å². The monoisotopic (exact) mass is 289 g/mol. The number of carbonyl (C=O) groups excluding carboxylic acids is 1. The third-order valence-electron chi connectivity index (χ3n) is 3.46. The van der Waals surface area contributed by atoms with Gasteiger partial charge in [0.25, 0.3) is 0 Å². The molecule has 0 spiro atoms. The highest BCUT2D eigenvalue weighted by atomic mass is 16.5. The van der Waals surface area contributed by atoms with Gasteiger partial charge in [-0.2, -0.15) is 0 Å². The Morgan fingerprint density at radius 1 is 1.10 bits per heavy atom. The first-order valence-electron chi connectivity index (χ1n) is 7.91. The first-order valence-corrected chi connectivity index (χ1v) is 7.91. The first kappa shape index (κ1) is 17.4. The van der Waals surface area contributed by atoms with Gasteiger partial charge in [-0.25, -0.2) is 9.79 Å². The highest BCUT2D eigenvalue weighted by molar-refractivity contribution is 6.37. The smallest absolute Gasteiger partial charge is 0.352 e. The molecule has 0 aliphatic heterocycles. The number of aryl methyl sites for hydroxylation is 2. The van der Waals surface area contributed by atoms with E-state index in [4.69, 9.17) is 4.74 Å². The number of carbonyl (C=O) groups is 1. The summed E-state index contributed by atoms with van der Waals surface area (Å²) in [6.07, 6.45) is 5.17. The van der Waals surface area contributed by atoms with Crippen LogP contribution in [-0.2, 0) is 9.53 Å². The molecule has 116 valence electrons. The zero-order valence-corrected chi connectivity index (χ0v) is 13.7. The molecule has 0 saturated carbocycles. The van der Waals surface area contributed by atoms with Crippen molar-refractivity contribution in [2.75, 3.05) is 6.61 Å². The summed E-state index contributed by atoms with van der Waals surface area (Å²) in [4.78, 5) is 16.7. The Morgan fingerprint density at radius 2 is 1.76 bits per heavy atom. The molecule has 21 heavy (non-hydrogen) atoms. The van der Waals surface area contributed by atoms with Gasteiger partial charge >= 0.3 is 5.97 Å². The van der Waals surface area contributed by atoms with Crippen molar-refractivity contribution >= 4 is 17.4 Å². The molecule has 0 heterocycles. The number of esters is 1. The second-order valence-electron chi connectivity index (χ2n) is 5.33. The minimum Gasteiger partial charge on any atom is -0.462 e. The third-order valence-corrected chi connectivity index (χ3v) is 3.46. The molecule has 0 radical (unpaired) electrons. The van der Waals surface area contributed by atoms with Crippen molar-refractivity contribution in [2.24, 2.45) is 4.99 Å². The zero-order chi connectivity index (χ0) is 15.7. The molecule has 0 atom stereocenters. The van der Waals surface area contributed by atoms with E-state index < -0.39 is 0 Å². The molecule has 0 aliphatic rings. The van der Waals surface area contributed by atoms with E-state index in [2.05, 4.69) is 11.9 Å². The normalized spacial score (nSPS) is 11.5. The van der Waals surface area contributed by atoms with Crippen molar-refractivity contribution in [2.45, 2.75) is 59.8 Å². The van der Waals surface area contributed by atoms with E-state index >= 15 is 0 Å². The van der Waals surface area contributed by atoms with Crippen molar-refractivity contribution in [3.63, 3.8) is 0 Å². The number of para-hydroxylation sites is 1. The molecule has 0 saturated heterocycles. The largest absolute Gasteiger partial charge is 0.462 e. The van der Waals surface area contributed by atoms with Gasteiger partial charge < -0.3 is 4.74 Å². The van der Waals surface area contributed by atoms with Crippen LogP contribution in [0.5, 0.6) is 0 Å². The van der Waals surface area contributed by atoms with Crippen LogP contribution in [0.1, 0.15) is 57.1 Å². The van der Waals surface area contributed by atoms with Gasteiger partial charge in [-0.3, -0.25) is 0 Å². The molecule has 3 heteroatoms. The van der Waals surface area contributed by atoms with Crippen LogP contribution in [0.15, 0.2) is 23.2 Å². The number of nitrogens with zero attached hydrogens (tertiary/aromatic N) is 1. The molecule has 0 aliphatic carbocycles. The molecule has 0 N–H and O–H groups in total. The third kappa shape index (κ3) is 5.70. The van der Waals surface area contributed by atoms with Crippen LogP contribution in [0.3, 0.4) is 0 Å². The molecule has 1 aromatic carbocycles. The van der Waals surface area contributed by atoms with Crippen molar-refractivity contribution in [1.29, 1.82) is 0 Å². The summed E-state index contributed by atoms with van der Waals surface area (Å²) < 4.78 is 5.14. The SMILES string of the molecule is CCCCCCC(=Nc1c(C)cccc1C)C(=O)OCC. The van der Waals surface area contributed by atoms with Gasteiger partial charge in [0.2, 0.25) is 0 Å². The predicted octanol–water partition coefficient (Wildman–Crippen LogP) is 4.91. The average Bonchev–Trinajstić information content (AvgIpc) is 2.45. The number of hydrogen-bond acceptors (Lipinski definition) is 3. The first-order chi connectivity index (χ1) is 10.1. The van der Waals surface area contributed by atoms with Gasteiger partial charge in [0, 0.05) is 0 Å². The van der Waals surface area contributed by atoms with Crippen molar-refractivity contribution < 1.29 is 9.53 Å². The second kappa shape index (κ2) is 9.32. The van der Waals surface area contributed by atoms with Crippen LogP contribution in [0, 0.1) is 13.8 Å². The fourth-order valence-corrected chi connectivity index (χ4v) is 2.25. The summed E-state index contributed by atoms with van der Waals surface area (Å²) in [7, 11) is 0. The van der Waals surface area contributed by atoms with E-state index in [0.717, 1.165) is 29.7 Å². The number of ether oxygens (including phenoxy) is 1. The van der Waals surface area contributed by atoms with Crippen LogP contribution in [0.2, 0.25) is 0 Å². The Balaban J connectivity index is 2.93. The molecule has 0 aromatic heterocycles. The van der Waals surface area contributed by atoms with Crippen molar-refractivity contribution in [3.05, 3.63) is 29.3 Å². The number of aliphatic imine (C=N–C) groups is 1. The average molecular weight is 289 g/mol. The Hall–Kier alpha value is -1.64. The van der Waals surface area contributed by atoms with E-state index in [1.807, 2.05) is 39.0 Å². The standard InChI is InChI=1S/C18H27NO2/c1-5-7-8-9-13-16(18(20)21-6-2)19-17-14(3)11-10-12-15(17)4/h10-12H,5-9,13H2,1-4H3. The minimum absolute atomic E-state index is 0.281. The summed E-state index contributed by atoms with van der Waals surface area (Å²) in [6, 6.07) is 6.05. The Bertz CT molecular complexity index is 472. The summed E-state index contributed by atoms with van der Waals surface area (Å²) in [5.74, 6) is -0.281. The second-order valence-corrected chi connectivity index (χ2v) is 5.33. The van der Waals surface area contributed by atoms with Crippen LogP contribution in [-0.4, -0.2) is 18.3 Å². The summed E-state index contributed by atoms with van der Waals surface area (Å²) in [5.41, 5.74) is 3.62. The summed E-state index contributed by atoms with van der Waals surface area (Å²) in [6.45, 7) is 8.43. The summed E-state index contributed by atoms with van der Waals surface area (Å²) in [5, 5.41) is 0. The van der Waals surface area contributed by atoms with Gasteiger partial charge in [0.15, 0.2) is 0 Å². The Kier molecular flexibility index (Phi) is 7.73. The lowest BCUT2D eigenvalue weighted by Crippen LogP contribution is -2.17. The quantitative estimate of drug-likeness (QED) is 0.387. The highest BCUT2D eigenvalue weighted by Crippen LogP contribution is 2.24. The number of rotatable bonds is 8. The number of benzene rings is 1. The van der Waals surface area contributed by atoms with E-state index in [0.29, 0.717) is 18.7 Å². The number of hydrogen-bond donors (Lipinski definition) is 0.